The molecule has 2 aliphatic rings. The summed E-state index contributed by atoms with van der Waals surface area (Å²) >= 11 is 0. The number of nitrogens with zero attached hydrogens (tertiary/aromatic N) is 1. The van der Waals surface area contributed by atoms with Gasteiger partial charge in [0, 0.05) is 19.3 Å². The fourth-order valence-corrected chi connectivity index (χ4v) is 5.79. The normalized spacial score (nSPS) is 20.8. The molecule has 2 aliphatic heterocycles. The summed E-state index contributed by atoms with van der Waals surface area (Å²) in [6, 6.07) is 22.7. The molecule has 40 heavy (non-hydrogen) atoms. The average Bonchev–Trinajstić information content (AvgIpc) is 2.94. The molecular weight excluding hydrogens is 530 g/mol. The minimum absolute atomic E-state index is 0.0944. The zero-order valence-electron chi connectivity index (χ0n) is 22.5. The zero-order chi connectivity index (χ0) is 28.3. The first-order valence-corrected chi connectivity index (χ1v) is 15.1. The zero-order valence-corrected chi connectivity index (χ0v) is 23.3. The SMILES string of the molecule is CN1C(=O)c2cc(NS(C)(=O)=O)ccc2OC[C@H]2O[C@H](CC(=O)NCc3ccc(-c4ccccc4)cc3)CC[C@@H]21. The van der Waals surface area contributed by atoms with Gasteiger partial charge in [-0.3, -0.25) is 14.3 Å². The van der Waals surface area contributed by atoms with Crippen molar-refractivity contribution in [3.05, 3.63) is 83.9 Å². The Morgan fingerprint density at radius 2 is 1.73 bits per heavy atom. The Hall–Kier alpha value is -3.89. The summed E-state index contributed by atoms with van der Waals surface area (Å²) < 4.78 is 37.9. The molecule has 2 N–H and O–H groups in total. The maximum atomic E-state index is 13.3. The Morgan fingerprint density at radius 1 is 1.00 bits per heavy atom. The van der Waals surface area contributed by atoms with E-state index in [1.54, 1.807) is 24.1 Å². The third-order valence-corrected chi connectivity index (χ3v) is 7.89. The van der Waals surface area contributed by atoms with Crippen LogP contribution in [0.5, 0.6) is 5.75 Å². The van der Waals surface area contributed by atoms with E-state index in [1.165, 1.54) is 6.07 Å². The van der Waals surface area contributed by atoms with E-state index in [1.807, 2.05) is 30.3 Å². The molecule has 210 valence electrons. The number of carbonyl (C=O) groups excluding carboxylic acids is 2. The predicted octanol–water partition coefficient (Wildman–Crippen LogP) is 3.81. The number of benzene rings is 3. The van der Waals surface area contributed by atoms with Crippen LogP contribution in [0, 0.1) is 0 Å². The standard InChI is InChI=1S/C30H33N3O6S/c1-33-26-14-13-24(17-29(34)31-18-20-8-10-22(11-9-20)21-6-4-3-5-7-21)39-28(26)19-38-27-15-12-23(32-40(2,36)37)16-25(27)30(33)35/h3-12,15-16,24,26,28,32H,13-14,17-19H2,1-2H3,(H,31,34)/t24-,26-,28+/m0/s1. The van der Waals surface area contributed by atoms with Crippen LogP contribution in [-0.4, -0.2) is 63.3 Å². The molecule has 10 heteroatoms. The first-order valence-electron chi connectivity index (χ1n) is 13.2. The van der Waals surface area contributed by atoms with Crippen molar-refractivity contribution in [2.24, 2.45) is 0 Å². The second-order valence-corrected chi connectivity index (χ2v) is 12.0. The van der Waals surface area contributed by atoms with Crippen LogP contribution in [0.4, 0.5) is 5.69 Å². The van der Waals surface area contributed by atoms with Gasteiger partial charge in [0.2, 0.25) is 15.9 Å². The molecule has 3 aromatic rings. The lowest BCUT2D eigenvalue weighted by Crippen LogP contribution is -2.53. The highest BCUT2D eigenvalue weighted by Crippen LogP contribution is 2.32. The van der Waals surface area contributed by atoms with Gasteiger partial charge in [-0.1, -0.05) is 54.6 Å². The maximum Gasteiger partial charge on any atom is 0.257 e. The van der Waals surface area contributed by atoms with Crippen molar-refractivity contribution in [3.63, 3.8) is 0 Å². The van der Waals surface area contributed by atoms with Gasteiger partial charge >= 0.3 is 0 Å². The number of amides is 2. The monoisotopic (exact) mass is 563 g/mol. The molecule has 5 rings (SSSR count). The number of sulfonamides is 1. The topological polar surface area (TPSA) is 114 Å². The number of nitrogens with one attached hydrogen (secondary N) is 2. The maximum absolute atomic E-state index is 13.3. The summed E-state index contributed by atoms with van der Waals surface area (Å²) in [6.07, 6.45) is 1.88. The Balaban J connectivity index is 1.17. The Bertz CT molecular complexity index is 1480. The van der Waals surface area contributed by atoms with Crippen LogP contribution < -0.4 is 14.8 Å². The molecule has 2 heterocycles. The molecule has 3 atom stereocenters. The molecule has 9 nitrogen and oxygen atoms in total. The molecular formula is C30H33N3O6S. The van der Waals surface area contributed by atoms with Crippen molar-refractivity contribution in [1.29, 1.82) is 0 Å². The Labute approximate surface area is 234 Å². The number of carbonyl (C=O) groups is 2. The quantitative estimate of drug-likeness (QED) is 0.452. The molecule has 1 saturated heterocycles. The fourth-order valence-electron chi connectivity index (χ4n) is 5.23. The van der Waals surface area contributed by atoms with E-state index in [0.29, 0.717) is 30.8 Å². The molecule has 0 saturated carbocycles. The van der Waals surface area contributed by atoms with E-state index in [2.05, 4.69) is 34.3 Å². The average molecular weight is 564 g/mol. The van der Waals surface area contributed by atoms with E-state index in [0.717, 1.165) is 22.9 Å². The van der Waals surface area contributed by atoms with Crippen molar-refractivity contribution < 1.29 is 27.5 Å². The van der Waals surface area contributed by atoms with Crippen molar-refractivity contribution >= 4 is 27.5 Å². The van der Waals surface area contributed by atoms with Crippen LogP contribution in [0.2, 0.25) is 0 Å². The van der Waals surface area contributed by atoms with E-state index >= 15 is 0 Å². The number of fused-ring (bicyclic) bond motifs is 2. The van der Waals surface area contributed by atoms with E-state index < -0.39 is 16.1 Å². The molecule has 0 spiro atoms. The van der Waals surface area contributed by atoms with E-state index in [4.69, 9.17) is 9.47 Å². The van der Waals surface area contributed by atoms with Crippen molar-refractivity contribution in [1.82, 2.24) is 10.2 Å². The van der Waals surface area contributed by atoms with Gasteiger partial charge in [0.15, 0.2) is 0 Å². The van der Waals surface area contributed by atoms with Crippen molar-refractivity contribution in [2.45, 2.75) is 44.1 Å². The molecule has 1 fully saturated rings. The highest BCUT2D eigenvalue weighted by atomic mass is 32.2. The van der Waals surface area contributed by atoms with Crippen LogP contribution in [0.25, 0.3) is 11.1 Å². The number of hydrogen-bond donors (Lipinski definition) is 2. The largest absolute Gasteiger partial charge is 0.490 e. The molecule has 0 aliphatic carbocycles. The number of hydrogen-bond acceptors (Lipinski definition) is 6. The Morgan fingerprint density at radius 3 is 2.45 bits per heavy atom. The molecule has 0 aromatic heterocycles. The van der Waals surface area contributed by atoms with Crippen LogP contribution in [0.1, 0.15) is 35.2 Å². The number of likely N-dealkylation sites (N-methyl/N-ethyl adjacent to an activating group) is 1. The molecule has 0 radical (unpaired) electrons. The minimum Gasteiger partial charge on any atom is -0.490 e. The number of ether oxygens (including phenoxy) is 2. The van der Waals surface area contributed by atoms with Crippen LogP contribution in [0.15, 0.2) is 72.8 Å². The van der Waals surface area contributed by atoms with Gasteiger partial charge in [-0.15, -0.1) is 0 Å². The summed E-state index contributed by atoms with van der Waals surface area (Å²) in [4.78, 5) is 27.7. The number of rotatable bonds is 7. The van der Waals surface area contributed by atoms with Gasteiger partial charge in [0.05, 0.1) is 30.4 Å². The van der Waals surface area contributed by atoms with Crippen molar-refractivity contribution in [3.8, 4) is 16.9 Å². The minimum atomic E-state index is -3.49. The van der Waals surface area contributed by atoms with Crippen LogP contribution in [-0.2, 0) is 26.1 Å². The van der Waals surface area contributed by atoms with Crippen LogP contribution >= 0.6 is 0 Å². The smallest absolute Gasteiger partial charge is 0.257 e. The lowest BCUT2D eigenvalue weighted by atomic mass is 9.94. The third-order valence-electron chi connectivity index (χ3n) is 7.28. The van der Waals surface area contributed by atoms with Gasteiger partial charge in [0.1, 0.15) is 18.5 Å². The first-order chi connectivity index (χ1) is 19.2. The second kappa shape index (κ2) is 11.7. The van der Waals surface area contributed by atoms with Gasteiger partial charge in [0.25, 0.3) is 5.91 Å². The highest BCUT2D eigenvalue weighted by Gasteiger charge is 2.39. The van der Waals surface area contributed by atoms with Gasteiger partial charge < -0.3 is 19.7 Å². The lowest BCUT2D eigenvalue weighted by molar-refractivity contribution is -0.134. The molecule has 0 unspecified atom stereocenters. The van der Waals surface area contributed by atoms with Gasteiger partial charge in [-0.05, 0) is 47.7 Å². The van der Waals surface area contributed by atoms with Crippen LogP contribution in [0.3, 0.4) is 0 Å². The van der Waals surface area contributed by atoms with Crippen molar-refractivity contribution in [2.75, 3.05) is 24.6 Å². The summed E-state index contributed by atoms with van der Waals surface area (Å²) in [6.45, 7) is 0.639. The summed E-state index contributed by atoms with van der Waals surface area (Å²) in [7, 11) is -1.77. The predicted molar refractivity (Wildman–Crippen MR) is 153 cm³/mol. The first kappa shape index (κ1) is 27.7. The molecule has 3 aromatic carbocycles. The summed E-state index contributed by atoms with van der Waals surface area (Å²) in [5, 5.41) is 2.99. The summed E-state index contributed by atoms with van der Waals surface area (Å²) in [5.74, 6) is -0.0148. The summed E-state index contributed by atoms with van der Waals surface area (Å²) in [5.41, 5.74) is 3.86. The number of anilines is 1. The van der Waals surface area contributed by atoms with E-state index in [9.17, 15) is 18.0 Å². The fraction of sp³-hybridized carbons (Fsp3) is 0.333. The Kier molecular flexibility index (Phi) is 8.09. The molecule has 0 bridgehead atoms. The molecule has 2 amide bonds. The van der Waals surface area contributed by atoms with Gasteiger partial charge in [-0.2, -0.15) is 0 Å². The highest BCUT2D eigenvalue weighted by molar-refractivity contribution is 7.92. The third kappa shape index (κ3) is 6.63. The second-order valence-electron chi connectivity index (χ2n) is 10.3. The van der Waals surface area contributed by atoms with Gasteiger partial charge in [-0.25, -0.2) is 8.42 Å². The lowest BCUT2D eigenvalue weighted by Gasteiger charge is -2.42. The van der Waals surface area contributed by atoms with E-state index in [-0.39, 0.29) is 42.6 Å².